The molecule has 1 amide bonds. The molecule has 0 fully saturated rings. The highest BCUT2D eigenvalue weighted by Gasteiger charge is 2.17. The SMILES string of the molecule is COc1cc2nc(C3=NNC(=O)CC3)[nH]c2cc1OC.Cl. The minimum Gasteiger partial charge on any atom is -0.493 e. The van der Waals surface area contributed by atoms with Crippen LogP contribution >= 0.6 is 12.4 Å². The number of aromatic amines is 1. The Bertz CT molecular complexity index is 670. The van der Waals surface area contributed by atoms with Crippen LogP contribution in [0, 0.1) is 0 Å². The normalized spacial score (nSPS) is 14.2. The zero-order valence-electron chi connectivity index (χ0n) is 11.6. The summed E-state index contributed by atoms with van der Waals surface area (Å²) in [7, 11) is 3.17. The summed E-state index contributed by atoms with van der Waals surface area (Å²) in [6.45, 7) is 0. The first-order chi connectivity index (χ1) is 9.71. The first-order valence-corrected chi connectivity index (χ1v) is 6.19. The van der Waals surface area contributed by atoms with Gasteiger partial charge in [0.1, 0.15) is 5.71 Å². The number of amides is 1. The van der Waals surface area contributed by atoms with Crippen LogP contribution in [0.4, 0.5) is 0 Å². The number of rotatable bonds is 3. The average Bonchev–Trinajstić information content (AvgIpc) is 2.89. The van der Waals surface area contributed by atoms with Crippen molar-refractivity contribution in [3.05, 3.63) is 18.0 Å². The Morgan fingerprint density at radius 2 is 1.86 bits per heavy atom. The Hall–Kier alpha value is -2.28. The second kappa shape index (κ2) is 6.01. The number of ether oxygens (including phenoxy) is 2. The molecule has 0 saturated carbocycles. The predicted molar refractivity (Wildman–Crippen MR) is 80.4 cm³/mol. The molecule has 0 unspecified atom stereocenters. The molecule has 0 spiro atoms. The molecular weight excluding hydrogens is 296 g/mol. The monoisotopic (exact) mass is 310 g/mol. The molecule has 7 nitrogen and oxygen atoms in total. The number of halogens is 1. The van der Waals surface area contributed by atoms with Gasteiger partial charge in [-0.1, -0.05) is 0 Å². The molecule has 3 rings (SSSR count). The zero-order valence-corrected chi connectivity index (χ0v) is 12.4. The second-order valence-electron chi connectivity index (χ2n) is 4.40. The Morgan fingerprint density at radius 1 is 1.14 bits per heavy atom. The van der Waals surface area contributed by atoms with Crippen molar-refractivity contribution in [2.45, 2.75) is 12.8 Å². The summed E-state index contributed by atoms with van der Waals surface area (Å²) >= 11 is 0. The van der Waals surface area contributed by atoms with E-state index in [1.165, 1.54) is 0 Å². The first-order valence-electron chi connectivity index (χ1n) is 6.19. The van der Waals surface area contributed by atoms with Gasteiger partial charge in [-0.3, -0.25) is 4.79 Å². The highest BCUT2D eigenvalue weighted by molar-refractivity contribution is 6.03. The number of hydrogen-bond donors (Lipinski definition) is 2. The lowest BCUT2D eigenvalue weighted by Gasteiger charge is -2.08. The molecule has 1 aromatic carbocycles. The van der Waals surface area contributed by atoms with Gasteiger partial charge in [0.25, 0.3) is 0 Å². The lowest BCUT2D eigenvalue weighted by molar-refractivity contribution is -0.121. The number of H-pyrrole nitrogens is 1. The van der Waals surface area contributed by atoms with Gasteiger partial charge in [0.05, 0.1) is 25.3 Å². The third kappa shape index (κ3) is 2.78. The van der Waals surface area contributed by atoms with Gasteiger partial charge >= 0.3 is 0 Å². The first kappa shape index (κ1) is 15.1. The summed E-state index contributed by atoms with van der Waals surface area (Å²) in [5, 5.41) is 4.02. The molecule has 2 aromatic rings. The lowest BCUT2D eigenvalue weighted by atomic mass is 10.2. The van der Waals surface area contributed by atoms with Crippen molar-refractivity contribution in [3.8, 4) is 11.5 Å². The number of fused-ring (bicyclic) bond motifs is 1. The van der Waals surface area contributed by atoms with Crippen LogP contribution in [0.2, 0.25) is 0 Å². The molecule has 2 heterocycles. The van der Waals surface area contributed by atoms with E-state index in [4.69, 9.17) is 9.47 Å². The van der Waals surface area contributed by atoms with E-state index in [1.54, 1.807) is 20.3 Å². The number of hydrogen-bond acceptors (Lipinski definition) is 5. The minimum absolute atomic E-state index is 0. The van der Waals surface area contributed by atoms with Crippen LogP contribution in [0.5, 0.6) is 11.5 Å². The Balaban J connectivity index is 0.00000161. The van der Waals surface area contributed by atoms with Gasteiger partial charge in [0, 0.05) is 25.0 Å². The molecule has 0 radical (unpaired) electrons. The van der Waals surface area contributed by atoms with Crippen molar-refractivity contribution >= 4 is 35.1 Å². The third-order valence-electron chi connectivity index (χ3n) is 3.16. The van der Waals surface area contributed by atoms with Crippen LogP contribution in [-0.4, -0.2) is 35.8 Å². The van der Waals surface area contributed by atoms with Crippen LogP contribution in [-0.2, 0) is 4.79 Å². The summed E-state index contributed by atoms with van der Waals surface area (Å²) in [4.78, 5) is 18.7. The smallest absolute Gasteiger partial charge is 0.240 e. The number of carbonyl (C=O) groups excluding carboxylic acids is 1. The standard InChI is InChI=1S/C13H14N4O3.ClH/c1-19-10-5-8-9(6-11(10)20-2)15-13(14-8)7-3-4-12(18)17-16-7;/h5-6H,3-4H2,1-2H3,(H,14,15)(H,17,18);1H. The van der Waals surface area contributed by atoms with Crippen LogP contribution in [0.15, 0.2) is 17.2 Å². The molecule has 112 valence electrons. The van der Waals surface area contributed by atoms with Gasteiger partial charge in [-0.25, -0.2) is 10.4 Å². The van der Waals surface area contributed by atoms with Crippen molar-refractivity contribution in [2.75, 3.05) is 14.2 Å². The predicted octanol–water partition coefficient (Wildman–Crippen LogP) is 1.62. The Labute approximate surface area is 127 Å². The molecule has 1 aliphatic rings. The van der Waals surface area contributed by atoms with Gasteiger partial charge in [-0.05, 0) is 0 Å². The maximum Gasteiger partial charge on any atom is 0.240 e. The summed E-state index contributed by atoms with van der Waals surface area (Å²) in [5.41, 5.74) is 4.79. The molecule has 21 heavy (non-hydrogen) atoms. The van der Waals surface area contributed by atoms with Crippen LogP contribution in [0.3, 0.4) is 0 Å². The van der Waals surface area contributed by atoms with Crippen molar-refractivity contribution in [3.63, 3.8) is 0 Å². The van der Waals surface area contributed by atoms with E-state index in [0.717, 1.165) is 16.7 Å². The van der Waals surface area contributed by atoms with E-state index in [0.29, 0.717) is 30.2 Å². The summed E-state index contributed by atoms with van der Waals surface area (Å²) < 4.78 is 10.5. The van der Waals surface area contributed by atoms with Crippen molar-refractivity contribution in [2.24, 2.45) is 5.10 Å². The molecule has 8 heteroatoms. The number of benzene rings is 1. The van der Waals surface area contributed by atoms with Gasteiger partial charge in [0.15, 0.2) is 17.3 Å². The quantitative estimate of drug-likeness (QED) is 0.901. The summed E-state index contributed by atoms with van der Waals surface area (Å²) in [6, 6.07) is 3.63. The number of nitrogens with one attached hydrogen (secondary N) is 2. The number of nitrogens with zero attached hydrogens (tertiary/aromatic N) is 2. The molecule has 1 aliphatic heterocycles. The topological polar surface area (TPSA) is 88.6 Å². The molecule has 0 saturated heterocycles. The van der Waals surface area contributed by atoms with E-state index >= 15 is 0 Å². The van der Waals surface area contributed by atoms with Gasteiger partial charge in [-0.2, -0.15) is 5.10 Å². The summed E-state index contributed by atoms with van der Waals surface area (Å²) in [6.07, 6.45) is 0.989. The second-order valence-corrected chi connectivity index (χ2v) is 4.40. The number of imidazole rings is 1. The molecule has 2 N–H and O–H groups in total. The number of hydrazone groups is 1. The maximum absolute atomic E-state index is 11.1. The molecule has 0 bridgehead atoms. The largest absolute Gasteiger partial charge is 0.493 e. The van der Waals surface area contributed by atoms with Gasteiger partial charge < -0.3 is 14.5 Å². The molecular formula is C13H15ClN4O3. The fourth-order valence-corrected chi connectivity index (χ4v) is 2.12. The van der Waals surface area contributed by atoms with E-state index in [2.05, 4.69) is 20.5 Å². The lowest BCUT2D eigenvalue weighted by Crippen LogP contribution is -2.26. The number of methoxy groups -OCH3 is 2. The Kier molecular flexibility index (Phi) is 4.32. The zero-order chi connectivity index (χ0) is 14.1. The fourth-order valence-electron chi connectivity index (χ4n) is 2.12. The molecule has 0 atom stereocenters. The number of carbonyl (C=O) groups is 1. The minimum atomic E-state index is -0.0757. The molecule has 0 aliphatic carbocycles. The van der Waals surface area contributed by atoms with E-state index in [1.807, 2.05) is 6.07 Å². The maximum atomic E-state index is 11.1. The highest BCUT2D eigenvalue weighted by Crippen LogP contribution is 2.31. The third-order valence-corrected chi connectivity index (χ3v) is 3.16. The van der Waals surface area contributed by atoms with Gasteiger partial charge in [-0.15, -0.1) is 12.4 Å². The molecule has 1 aromatic heterocycles. The van der Waals surface area contributed by atoms with E-state index in [9.17, 15) is 4.79 Å². The average molecular weight is 311 g/mol. The summed E-state index contributed by atoms with van der Waals surface area (Å²) in [5.74, 6) is 1.83. The highest BCUT2D eigenvalue weighted by atomic mass is 35.5. The van der Waals surface area contributed by atoms with E-state index in [-0.39, 0.29) is 18.3 Å². The fraction of sp³-hybridized carbons (Fsp3) is 0.308. The van der Waals surface area contributed by atoms with E-state index < -0.39 is 0 Å². The Morgan fingerprint density at radius 3 is 2.48 bits per heavy atom. The van der Waals surface area contributed by atoms with Crippen LogP contribution in [0.1, 0.15) is 18.7 Å². The van der Waals surface area contributed by atoms with Gasteiger partial charge in [0.2, 0.25) is 5.91 Å². The number of aromatic nitrogens is 2. The van der Waals surface area contributed by atoms with Crippen LogP contribution in [0.25, 0.3) is 11.0 Å². The van der Waals surface area contributed by atoms with Crippen LogP contribution < -0.4 is 14.9 Å². The van der Waals surface area contributed by atoms with Crippen molar-refractivity contribution in [1.29, 1.82) is 0 Å². The van der Waals surface area contributed by atoms with Crippen molar-refractivity contribution < 1.29 is 14.3 Å². The van der Waals surface area contributed by atoms with Crippen molar-refractivity contribution in [1.82, 2.24) is 15.4 Å².